The maximum Gasteiger partial charge on any atom is 0.124 e. The van der Waals surface area contributed by atoms with E-state index in [9.17, 15) is 0 Å². The first kappa shape index (κ1) is 14.5. The predicted molar refractivity (Wildman–Crippen MR) is 94.8 cm³/mol. The van der Waals surface area contributed by atoms with Crippen LogP contribution in [0.25, 0.3) is 21.8 Å². The number of thiazole rings is 1. The van der Waals surface area contributed by atoms with Gasteiger partial charge in [-0.2, -0.15) is 0 Å². The lowest BCUT2D eigenvalue weighted by atomic mass is 10.1. The Hall–Kier alpha value is -1.45. The number of rotatable bonds is 3. The monoisotopic (exact) mass is 357 g/mol. The van der Waals surface area contributed by atoms with Gasteiger partial charge in [0.05, 0.1) is 5.69 Å². The van der Waals surface area contributed by atoms with Gasteiger partial charge in [0.15, 0.2) is 0 Å². The highest BCUT2D eigenvalue weighted by atomic mass is 79.9. The molecule has 0 aliphatic heterocycles. The van der Waals surface area contributed by atoms with Gasteiger partial charge in [0.25, 0.3) is 0 Å². The van der Waals surface area contributed by atoms with E-state index in [-0.39, 0.29) is 0 Å². The fourth-order valence-corrected chi connectivity index (χ4v) is 3.65. The number of hydrogen-bond donors (Lipinski definition) is 0. The molecule has 1 heterocycles. The molecule has 3 heteroatoms. The first-order chi connectivity index (χ1) is 10.2. The topological polar surface area (TPSA) is 12.9 Å². The zero-order chi connectivity index (χ0) is 14.8. The minimum absolute atomic E-state index is 1.07. The van der Waals surface area contributed by atoms with E-state index in [0.29, 0.717) is 0 Å². The van der Waals surface area contributed by atoms with E-state index in [0.717, 1.165) is 27.2 Å². The number of nitrogens with zero attached hydrogens (tertiary/aromatic N) is 1. The average Bonchev–Trinajstić information content (AvgIpc) is 2.89. The molecule has 2 aromatic carbocycles. The molecule has 3 rings (SSSR count). The van der Waals surface area contributed by atoms with Gasteiger partial charge in [0.2, 0.25) is 0 Å². The van der Waals surface area contributed by atoms with Crippen LogP contribution in [0.5, 0.6) is 0 Å². The highest BCUT2D eigenvalue weighted by Gasteiger charge is 2.11. The molecule has 1 nitrogen and oxygen atoms in total. The van der Waals surface area contributed by atoms with Crippen LogP contribution in [0.2, 0.25) is 0 Å². The van der Waals surface area contributed by atoms with E-state index >= 15 is 0 Å². The van der Waals surface area contributed by atoms with Crippen LogP contribution in [0.15, 0.2) is 53.0 Å². The minimum atomic E-state index is 1.07. The van der Waals surface area contributed by atoms with E-state index in [2.05, 4.69) is 66.2 Å². The Morgan fingerprint density at radius 2 is 1.81 bits per heavy atom. The lowest BCUT2D eigenvalue weighted by molar-refractivity contribution is 1.14. The van der Waals surface area contributed by atoms with E-state index in [1.54, 1.807) is 11.3 Å². The van der Waals surface area contributed by atoms with E-state index in [4.69, 9.17) is 4.98 Å². The van der Waals surface area contributed by atoms with Crippen molar-refractivity contribution in [3.05, 3.63) is 63.4 Å². The van der Waals surface area contributed by atoms with E-state index in [1.807, 2.05) is 12.1 Å². The molecule has 0 bridgehead atoms. The summed E-state index contributed by atoms with van der Waals surface area (Å²) in [6.07, 6.45) is 1.07. The Kier molecular flexibility index (Phi) is 4.22. The first-order valence-electron chi connectivity index (χ1n) is 7.00. The number of aromatic nitrogens is 1. The molecule has 0 amide bonds. The quantitative estimate of drug-likeness (QED) is 0.550. The van der Waals surface area contributed by atoms with Crippen molar-refractivity contribution in [2.45, 2.75) is 20.3 Å². The summed E-state index contributed by atoms with van der Waals surface area (Å²) in [7, 11) is 0. The molecule has 0 spiro atoms. The summed E-state index contributed by atoms with van der Waals surface area (Å²) in [6.45, 7) is 4.31. The van der Waals surface area contributed by atoms with Crippen molar-refractivity contribution in [2.75, 3.05) is 0 Å². The molecular formula is C18H16BrNS. The Bertz CT molecular complexity index is 759. The SMILES string of the molecule is CCc1ccc(-c2nc(-c3cccc(Br)c3)c(C)s2)cc1. The van der Waals surface area contributed by atoms with Gasteiger partial charge in [-0.05, 0) is 31.0 Å². The van der Waals surface area contributed by atoms with Crippen LogP contribution in [0.1, 0.15) is 17.4 Å². The van der Waals surface area contributed by atoms with Gasteiger partial charge in [0, 0.05) is 20.5 Å². The van der Waals surface area contributed by atoms with Crippen LogP contribution in [0.4, 0.5) is 0 Å². The van der Waals surface area contributed by atoms with Gasteiger partial charge in [0.1, 0.15) is 5.01 Å². The molecule has 0 radical (unpaired) electrons. The second-order valence-electron chi connectivity index (χ2n) is 4.98. The van der Waals surface area contributed by atoms with Crippen molar-refractivity contribution >= 4 is 27.3 Å². The standard InChI is InChI=1S/C18H16BrNS/c1-3-13-7-9-14(10-8-13)18-20-17(12(2)21-18)15-5-4-6-16(19)11-15/h4-11H,3H2,1-2H3. The molecule has 1 aromatic heterocycles. The van der Waals surface area contributed by atoms with Crippen LogP contribution < -0.4 is 0 Å². The molecule has 21 heavy (non-hydrogen) atoms. The molecule has 0 saturated carbocycles. The zero-order valence-corrected chi connectivity index (χ0v) is 14.5. The van der Waals surface area contributed by atoms with Gasteiger partial charge in [-0.3, -0.25) is 0 Å². The summed E-state index contributed by atoms with van der Waals surface area (Å²) >= 11 is 5.28. The van der Waals surface area contributed by atoms with Crippen LogP contribution in [0.3, 0.4) is 0 Å². The van der Waals surface area contributed by atoms with E-state index in [1.165, 1.54) is 16.0 Å². The molecule has 3 aromatic rings. The maximum atomic E-state index is 4.84. The molecule has 0 fully saturated rings. The number of hydrogen-bond acceptors (Lipinski definition) is 2. The summed E-state index contributed by atoms with van der Waals surface area (Å²) in [6, 6.07) is 17.0. The van der Waals surface area contributed by atoms with Crippen LogP contribution in [-0.2, 0) is 6.42 Å². The second kappa shape index (κ2) is 6.12. The normalized spacial score (nSPS) is 10.8. The first-order valence-corrected chi connectivity index (χ1v) is 8.61. The molecule has 0 aliphatic rings. The lowest BCUT2D eigenvalue weighted by Crippen LogP contribution is -1.83. The van der Waals surface area contributed by atoms with Crippen molar-refractivity contribution in [1.29, 1.82) is 0 Å². The summed E-state index contributed by atoms with van der Waals surface area (Å²) in [5, 5.41) is 1.09. The summed E-state index contributed by atoms with van der Waals surface area (Å²) in [4.78, 5) is 6.10. The molecular weight excluding hydrogens is 342 g/mol. The van der Waals surface area contributed by atoms with Gasteiger partial charge in [-0.15, -0.1) is 11.3 Å². The lowest BCUT2D eigenvalue weighted by Gasteiger charge is -2.00. The highest BCUT2D eigenvalue weighted by molar-refractivity contribution is 9.10. The van der Waals surface area contributed by atoms with Crippen molar-refractivity contribution in [3.63, 3.8) is 0 Å². The fourth-order valence-electron chi connectivity index (χ4n) is 2.31. The van der Waals surface area contributed by atoms with Crippen molar-refractivity contribution < 1.29 is 0 Å². The maximum absolute atomic E-state index is 4.84. The number of halogens is 1. The highest BCUT2D eigenvalue weighted by Crippen LogP contribution is 2.34. The summed E-state index contributed by atoms with van der Waals surface area (Å²) in [5.41, 5.74) is 4.80. The van der Waals surface area contributed by atoms with Crippen molar-refractivity contribution in [2.24, 2.45) is 0 Å². The van der Waals surface area contributed by atoms with Gasteiger partial charge < -0.3 is 0 Å². The third kappa shape index (κ3) is 3.09. The van der Waals surface area contributed by atoms with E-state index < -0.39 is 0 Å². The number of aryl methyl sites for hydroxylation is 2. The molecule has 0 unspecified atom stereocenters. The van der Waals surface area contributed by atoms with Gasteiger partial charge >= 0.3 is 0 Å². The van der Waals surface area contributed by atoms with Crippen molar-refractivity contribution in [3.8, 4) is 21.8 Å². The fraction of sp³-hybridized carbons (Fsp3) is 0.167. The Labute approximate surface area is 137 Å². The average molecular weight is 358 g/mol. The molecule has 0 N–H and O–H groups in total. The zero-order valence-electron chi connectivity index (χ0n) is 12.1. The molecule has 106 valence electrons. The third-order valence-corrected chi connectivity index (χ3v) is 5.02. The predicted octanol–water partition coefficient (Wildman–Crippen LogP) is 6.11. The molecule has 0 aliphatic carbocycles. The number of benzene rings is 2. The van der Waals surface area contributed by atoms with Crippen LogP contribution in [0, 0.1) is 6.92 Å². The Balaban J connectivity index is 2.00. The summed E-state index contributed by atoms with van der Waals surface area (Å²) in [5.74, 6) is 0. The van der Waals surface area contributed by atoms with Gasteiger partial charge in [-0.25, -0.2) is 4.98 Å². The third-order valence-electron chi connectivity index (χ3n) is 3.50. The van der Waals surface area contributed by atoms with Crippen molar-refractivity contribution in [1.82, 2.24) is 4.98 Å². The summed E-state index contributed by atoms with van der Waals surface area (Å²) < 4.78 is 1.08. The minimum Gasteiger partial charge on any atom is -0.236 e. The van der Waals surface area contributed by atoms with Crippen LogP contribution >= 0.6 is 27.3 Å². The molecule has 0 atom stereocenters. The Morgan fingerprint density at radius 3 is 2.48 bits per heavy atom. The largest absolute Gasteiger partial charge is 0.236 e. The Morgan fingerprint density at radius 1 is 1.05 bits per heavy atom. The second-order valence-corrected chi connectivity index (χ2v) is 7.10. The van der Waals surface area contributed by atoms with Gasteiger partial charge in [-0.1, -0.05) is 59.3 Å². The van der Waals surface area contributed by atoms with Crippen LogP contribution in [-0.4, -0.2) is 4.98 Å². The molecule has 0 saturated heterocycles. The smallest absolute Gasteiger partial charge is 0.124 e.